The molecule has 7 heteroatoms. The maximum atomic E-state index is 12.1. The number of carbonyl (C=O) groups excluding carboxylic acids is 1. The van der Waals surface area contributed by atoms with Crippen LogP contribution in [-0.4, -0.2) is 39.1 Å². The van der Waals surface area contributed by atoms with Crippen LogP contribution in [0.15, 0.2) is 27.6 Å². The van der Waals surface area contributed by atoms with E-state index in [0.717, 1.165) is 0 Å². The minimum absolute atomic E-state index is 0.0857. The van der Waals surface area contributed by atoms with Gasteiger partial charge < -0.3 is 10.6 Å². The lowest BCUT2D eigenvalue weighted by atomic mass is 10.3. The second-order valence-corrected chi connectivity index (χ2v) is 7.39. The van der Waals surface area contributed by atoms with Crippen LogP contribution in [0.5, 0.6) is 0 Å². The van der Waals surface area contributed by atoms with E-state index in [2.05, 4.69) is 15.9 Å². The first-order valence-electron chi connectivity index (χ1n) is 5.72. The van der Waals surface area contributed by atoms with Gasteiger partial charge in [0.15, 0.2) is 9.84 Å². The molecule has 19 heavy (non-hydrogen) atoms. The molecule has 2 N–H and O–H groups in total. The van der Waals surface area contributed by atoms with Crippen molar-refractivity contribution >= 4 is 37.4 Å². The molecule has 0 saturated heterocycles. The van der Waals surface area contributed by atoms with E-state index in [1.807, 2.05) is 0 Å². The number of nitrogen functional groups attached to an aromatic ring is 1. The lowest BCUT2D eigenvalue weighted by Gasteiger charge is -2.11. The number of halogens is 1. The fraction of sp³-hybridized carbons (Fsp3) is 0.417. The fourth-order valence-electron chi connectivity index (χ4n) is 1.52. The lowest BCUT2D eigenvalue weighted by molar-refractivity contribution is -0.128. The SMILES string of the molecule is CN(C)C(=O)CCCS(=O)(=O)c1cc(Br)ccc1N. The molecule has 5 nitrogen and oxygen atoms in total. The molecular formula is C12H17BrN2O3S. The highest BCUT2D eigenvalue weighted by atomic mass is 79.9. The number of nitrogens with two attached hydrogens (primary N) is 1. The molecule has 0 aliphatic carbocycles. The molecule has 1 rings (SSSR count). The van der Waals surface area contributed by atoms with Crippen molar-refractivity contribution < 1.29 is 13.2 Å². The number of carbonyl (C=O) groups is 1. The minimum Gasteiger partial charge on any atom is -0.398 e. The summed E-state index contributed by atoms with van der Waals surface area (Å²) in [4.78, 5) is 12.9. The molecule has 106 valence electrons. The largest absolute Gasteiger partial charge is 0.398 e. The Hall–Kier alpha value is -1.08. The van der Waals surface area contributed by atoms with Gasteiger partial charge in [0.05, 0.1) is 16.3 Å². The van der Waals surface area contributed by atoms with Gasteiger partial charge in [-0.1, -0.05) is 15.9 Å². The van der Waals surface area contributed by atoms with Crippen LogP contribution < -0.4 is 5.73 Å². The molecule has 0 aliphatic heterocycles. The molecule has 1 amide bonds. The zero-order chi connectivity index (χ0) is 14.6. The predicted octanol–water partition coefficient (Wildman–Crippen LogP) is 1.67. The van der Waals surface area contributed by atoms with Gasteiger partial charge in [0, 0.05) is 25.0 Å². The first-order valence-corrected chi connectivity index (χ1v) is 8.16. The molecule has 0 saturated carbocycles. The van der Waals surface area contributed by atoms with E-state index in [-0.39, 0.29) is 35.1 Å². The van der Waals surface area contributed by atoms with Gasteiger partial charge in [-0.3, -0.25) is 4.79 Å². The molecule has 0 aliphatic rings. The van der Waals surface area contributed by atoms with Gasteiger partial charge in [0.25, 0.3) is 0 Å². The molecule has 0 aromatic heterocycles. The van der Waals surface area contributed by atoms with E-state index in [1.165, 1.54) is 11.0 Å². The van der Waals surface area contributed by atoms with E-state index < -0.39 is 9.84 Å². The van der Waals surface area contributed by atoms with Crippen LogP contribution in [0.25, 0.3) is 0 Å². The Balaban J connectivity index is 2.77. The van der Waals surface area contributed by atoms with Gasteiger partial charge in [0.1, 0.15) is 0 Å². The molecule has 0 radical (unpaired) electrons. The highest BCUT2D eigenvalue weighted by molar-refractivity contribution is 9.10. The van der Waals surface area contributed by atoms with E-state index in [9.17, 15) is 13.2 Å². The normalized spacial score (nSPS) is 11.3. The Bertz CT molecular complexity index is 570. The molecule has 0 spiro atoms. The first kappa shape index (κ1) is 16.0. The maximum Gasteiger partial charge on any atom is 0.222 e. The van der Waals surface area contributed by atoms with Crippen LogP contribution in [0.2, 0.25) is 0 Å². The summed E-state index contributed by atoms with van der Waals surface area (Å²) in [6, 6.07) is 4.71. The summed E-state index contributed by atoms with van der Waals surface area (Å²) in [6.07, 6.45) is 0.492. The van der Waals surface area contributed by atoms with E-state index in [0.29, 0.717) is 4.47 Å². The van der Waals surface area contributed by atoms with Gasteiger partial charge in [-0.2, -0.15) is 0 Å². The van der Waals surface area contributed by atoms with Gasteiger partial charge in [-0.05, 0) is 24.6 Å². The maximum absolute atomic E-state index is 12.1. The average molecular weight is 349 g/mol. The molecule has 0 bridgehead atoms. The van der Waals surface area contributed by atoms with E-state index in [1.54, 1.807) is 26.2 Å². The van der Waals surface area contributed by atoms with Crippen LogP contribution in [0, 0.1) is 0 Å². The third-order valence-electron chi connectivity index (χ3n) is 2.61. The Morgan fingerprint density at radius 3 is 2.58 bits per heavy atom. The topological polar surface area (TPSA) is 80.5 Å². The second-order valence-electron chi connectivity index (χ2n) is 4.39. The summed E-state index contributed by atoms with van der Waals surface area (Å²) in [5.74, 6) is -0.176. The molecule has 0 heterocycles. The summed E-state index contributed by atoms with van der Waals surface area (Å²) >= 11 is 3.22. The number of hydrogen-bond donors (Lipinski definition) is 1. The zero-order valence-corrected chi connectivity index (χ0v) is 13.3. The monoisotopic (exact) mass is 348 g/mol. The molecule has 0 fully saturated rings. The molecule has 0 atom stereocenters. The summed E-state index contributed by atoms with van der Waals surface area (Å²) in [5, 5.41) is 0. The summed E-state index contributed by atoms with van der Waals surface area (Å²) in [7, 11) is -0.177. The van der Waals surface area contributed by atoms with E-state index in [4.69, 9.17) is 5.73 Å². The third-order valence-corrected chi connectivity index (χ3v) is 4.96. The van der Waals surface area contributed by atoms with Crippen molar-refractivity contribution in [1.82, 2.24) is 4.90 Å². The van der Waals surface area contributed by atoms with Crippen LogP contribution in [-0.2, 0) is 14.6 Å². The van der Waals surface area contributed by atoms with Crippen LogP contribution in [0.3, 0.4) is 0 Å². The Morgan fingerprint density at radius 1 is 1.37 bits per heavy atom. The van der Waals surface area contributed by atoms with Crippen LogP contribution in [0.4, 0.5) is 5.69 Å². The number of benzene rings is 1. The summed E-state index contributed by atoms with van der Waals surface area (Å²) in [6.45, 7) is 0. The quantitative estimate of drug-likeness (QED) is 0.820. The van der Waals surface area contributed by atoms with Crippen molar-refractivity contribution in [2.75, 3.05) is 25.6 Å². The summed E-state index contributed by atoms with van der Waals surface area (Å²) in [5.41, 5.74) is 5.90. The van der Waals surface area contributed by atoms with Crippen molar-refractivity contribution in [3.05, 3.63) is 22.7 Å². The zero-order valence-electron chi connectivity index (χ0n) is 10.9. The molecule has 1 aromatic carbocycles. The van der Waals surface area contributed by atoms with Crippen molar-refractivity contribution in [3.8, 4) is 0 Å². The average Bonchev–Trinajstić information content (AvgIpc) is 2.31. The highest BCUT2D eigenvalue weighted by Gasteiger charge is 2.18. The van der Waals surface area contributed by atoms with Crippen LogP contribution in [0.1, 0.15) is 12.8 Å². The van der Waals surface area contributed by atoms with E-state index >= 15 is 0 Å². The molecule has 0 unspecified atom stereocenters. The molecular weight excluding hydrogens is 332 g/mol. The van der Waals surface area contributed by atoms with Gasteiger partial charge in [0.2, 0.25) is 5.91 Å². The van der Waals surface area contributed by atoms with Crippen LogP contribution >= 0.6 is 15.9 Å². The van der Waals surface area contributed by atoms with Gasteiger partial charge in [-0.25, -0.2) is 8.42 Å². The number of hydrogen-bond acceptors (Lipinski definition) is 4. The number of anilines is 1. The Morgan fingerprint density at radius 2 is 2.00 bits per heavy atom. The van der Waals surface area contributed by atoms with Gasteiger partial charge >= 0.3 is 0 Å². The lowest BCUT2D eigenvalue weighted by Crippen LogP contribution is -2.22. The Labute approximate surface area is 121 Å². The van der Waals surface area contributed by atoms with Gasteiger partial charge in [-0.15, -0.1) is 0 Å². The van der Waals surface area contributed by atoms with Crippen molar-refractivity contribution in [2.24, 2.45) is 0 Å². The number of sulfone groups is 1. The first-order chi connectivity index (χ1) is 8.74. The smallest absolute Gasteiger partial charge is 0.222 e. The van der Waals surface area contributed by atoms with Crippen molar-refractivity contribution in [1.29, 1.82) is 0 Å². The summed E-state index contributed by atoms with van der Waals surface area (Å²) < 4.78 is 24.9. The number of nitrogens with zero attached hydrogens (tertiary/aromatic N) is 1. The number of rotatable bonds is 5. The fourth-order valence-corrected chi connectivity index (χ4v) is 3.52. The number of amides is 1. The van der Waals surface area contributed by atoms with Crippen molar-refractivity contribution in [3.63, 3.8) is 0 Å². The predicted molar refractivity (Wildman–Crippen MR) is 78.5 cm³/mol. The molecule has 1 aromatic rings. The third kappa shape index (κ3) is 4.50. The Kier molecular flexibility index (Phi) is 5.37. The highest BCUT2D eigenvalue weighted by Crippen LogP contribution is 2.24. The minimum atomic E-state index is -3.46. The van der Waals surface area contributed by atoms with Crippen molar-refractivity contribution in [2.45, 2.75) is 17.7 Å². The second kappa shape index (κ2) is 6.38. The standard InChI is InChI=1S/C12H17BrN2O3S/c1-15(2)12(16)4-3-7-19(17,18)11-8-9(13)5-6-10(11)14/h5-6,8H,3-4,7,14H2,1-2H3.